The number of hydrogen-bond donors (Lipinski definition) is 2. The van der Waals surface area contributed by atoms with Crippen LogP contribution in [0.2, 0.25) is 5.02 Å². The quantitative estimate of drug-likeness (QED) is 0.913. The van der Waals surface area contributed by atoms with Crippen molar-refractivity contribution in [2.45, 2.75) is 31.8 Å². The Morgan fingerprint density at radius 1 is 1.33 bits per heavy atom. The molecule has 1 saturated carbocycles. The smallest absolute Gasteiger partial charge is 0.0870 e. The van der Waals surface area contributed by atoms with E-state index < -0.39 is 6.10 Å². The number of nitrogens with zero attached hydrogens (tertiary/aromatic N) is 1. The highest BCUT2D eigenvalue weighted by atomic mass is 35.5. The third-order valence-electron chi connectivity index (χ3n) is 5.24. The van der Waals surface area contributed by atoms with Gasteiger partial charge in [-0.1, -0.05) is 11.6 Å². The average Bonchev–Trinajstić information content (AvgIpc) is 3.19. The first-order valence-corrected chi connectivity index (χ1v) is 7.97. The molecule has 0 bridgehead atoms. The Morgan fingerprint density at radius 3 is 2.81 bits per heavy atom. The molecule has 2 N–H and O–H groups in total. The van der Waals surface area contributed by atoms with Crippen molar-refractivity contribution in [1.82, 2.24) is 10.2 Å². The number of aromatic amines is 1. The van der Waals surface area contributed by atoms with Crippen molar-refractivity contribution in [3.8, 4) is 0 Å². The molecule has 5 heteroatoms. The predicted molar refractivity (Wildman–Crippen MR) is 81.3 cm³/mol. The number of nitrogens with one attached hydrogen (secondary N) is 1. The fourth-order valence-electron chi connectivity index (χ4n) is 3.89. The summed E-state index contributed by atoms with van der Waals surface area (Å²) in [5.41, 5.74) is 1.80. The number of aliphatic hydroxyl groups excluding tert-OH is 1. The molecule has 1 aromatic carbocycles. The lowest BCUT2D eigenvalue weighted by atomic mass is 9.77. The fraction of sp³-hybridized carbons (Fsp3) is 0.562. The van der Waals surface area contributed by atoms with Gasteiger partial charge in [0.1, 0.15) is 0 Å². The largest absolute Gasteiger partial charge is 0.388 e. The van der Waals surface area contributed by atoms with Gasteiger partial charge in [-0.3, -0.25) is 5.10 Å². The van der Waals surface area contributed by atoms with Crippen molar-refractivity contribution in [3.63, 3.8) is 0 Å². The summed E-state index contributed by atoms with van der Waals surface area (Å²) in [5, 5.41) is 19.8. The molecule has 2 heterocycles. The minimum Gasteiger partial charge on any atom is -0.388 e. The van der Waals surface area contributed by atoms with Crippen LogP contribution in [-0.2, 0) is 4.74 Å². The standard InChI is InChI=1S/C16H19ClN2O2/c17-12-7-10-9-18-19-14(10)13(8-12)15(20)16(3-4-16)11-1-5-21-6-2-11/h7-9,11,15,20H,1-6H2,(H,18,19). The van der Waals surface area contributed by atoms with E-state index in [1.165, 1.54) is 0 Å². The van der Waals surface area contributed by atoms with Crippen molar-refractivity contribution >= 4 is 22.5 Å². The Hall–Kier alpha value is -1.10. The second kappa shape index (κ2) is 4.97. The molecule has 1 aliphatic heterocycles. The molecule has 2 aliphatic rings. The molecular weight excluding hydrogens is 288 g/mol. The number of H-pyrrole nitrogens is 1. The summed E-state index contributed by atoms with van der Waals surface area (Å²) in [6.07, 6.45) is 5.53. The molecule has 4 nitrogen and oxygen atoms in total. The van der Waals surface area contributed by atoms with Crippen LogP contribution >= 0.6 is 11.6 Å². The van der Waals surface area contributed by atoms with E-state index in [-0.39, 0.29) is 5.41 Å². The molecule has 1 aromatic heterocycles. The van der Waals surface area contributed by atoms with E-state index in [0.717, 1.165) is 55.4 Å². The Morgan fingerprint density at radius 2 is 2.10 bits per heavy atom. The van der Waals surface area contributed by atoms with Crippen LogP contribution < -0.4 is 0 Å². The van der Waals surface area contributed by atoms with Crippen LogP contribution in [0.3, 0.4) is 0 Å². The monoisotopic (exact) mass is 306 g/mol. The van der Waals surface area contributed by atoms with Crippen molar-refractivity contribution in [3.05, 3.63) is 28.9 Å². The molecule has 0 amide bonds. The van der Waals surface area contributed by atoms with Gasteiger partial charge in [-0.25, -0.2) is 0 Å². The molecule has 1 aliphatic carbocycles. The maximum absolute atomic E-state index is 11.1. The number of aromatic nitrogens is 2. The molecule has 4 rings (SSSR count). The van der Waals surface area contributed by atoms with Crippen molar-refractivity contribution < 1.29 is 9.84 Å². The number of ether oxygens (including phenoxy) is 1. The summed E-state index contributed by atoms with van der Waals surface area (Å²) in [6.45, 7) is 1.63. The highest BCUT2D eigenvalue weighted by molar-refractivity contribution is 6.31. The Bertz CT molecular complexity index is 659. The van der Waals surface area contributed by atoms with Gasteiger partial charge in [-0.2, -0.15) is 5.10 Å². The highest BCUT2D eigenvalue weighted by Crippen LogP contribution is 2.62. The predicted octanol–water partition coefficient (Wildman–Crippen LogP) is 3.46. The first-order valence-electron chi connectivity index (χ1n) is 7.59. The van der Waals surface area contributed by atoms with Crippen LogP contribution in [0.1, 0.15) is 37.4 Å². The fourth-order valence-corrected chi connectivity index (χ4v) is 4.13. The van der Waals surface area contributed by atoms with Gasteiger partial charge in [0.25, 0.3) is 0 Å². The zero-order valence-electron chi connectivity index (χ0n) is 11.8. The molecule has 1 unspecified atom stereocenters. The zero-order chi connectivity index (χ0) is 14.4. The third-order valence-corrected chi connectivity index (χ3v) is 5.46. The van der Waals surface area contributed by atoms with Crippen LogP contribution in [0.5, 0.6) is 0 Å². The second-order valence-electron chi connectivity index (χ2n) is 6.35. The van der Waals surface area contributed by atoms with Gasteiger partial charge in [0.2, 0.25) is 0 Å². The van der Waals surface area contributed by atoms with Gasteiger partial charge < -0.3 is 9.84 Å². The number of hydrogen-bond acceptors (Lipinski definition) is 3. The van der Waals surface area contributed by atoms with Gasteiger partial charge in [0.15, 0.2) is 0 Å². The normalized spacial score (nSPS) is 23.3. The molecule has 2 aromatic rings. The third kappa shape index (κ3) is 2.17. The van der Waals surface area contributed by atoms with E-state index in [1.54, 1.807) is 6.20 Å². The minimum absolute atomic E-state index is 0.00645. The molecule has 1 atom stereocenters. The van der Waals surface area contributed by atoms with Crippen LogP contribution in [-0.4, -0.2) is 28.5 Å². The summed E-state index contributed by atoms with van der Waals surface area (Å²) < 4.78 is 5.47. The van der Waals surface area contributed by atoms with E-state index in [0.29, 0.717) is 10.9 Å². The van der Waals surface area contributed by atoms with E-state index in [4.69, 9.17) is 16.3 Å². The molecule has 0 radical (unpaired) electrons. The van der Waals surface area contributed by atoms with E-state index in [2.05, 4.69) is 10.2 Å². The minimum atomic E-state index is -0.484. The summed E-state index contributed by atoms with van der Waals surface area (Å²) in [5.74, 6) is 0.540. The van der Waals surface area contributed by atoms with Crippen molar-refractivity contribution in [2.24, 2.45) is 11.3 Å². The van der Waals surface area contributed by atoms with Gasteiger partial charge in [0, 0.05) is 34.6 Å². The van der Waals surface area contributed by atoms with Gasteiger partial charge in [0.05, 0.1) is 17.8 Å². The van der Waals surface area contributed by atoms with Crippen molar-refractivity contribution in [2.75, 3.05) is 13.2 Å². The second-order valence-corrected chi connectivity index (χ2v) is 6.79. The maximum atomic E-state index is 11.1. The summed E-state index contributed by atoms with van der Waals surface area (Å²) in [7, 11) is 0. The van der Waals surface area contributed by atoms with E-state index >= 15 is 0 Å². The molecule has 112 valence electrons. The lowest BCUT2D eigenvalue weighted by Crippen LogP contribution is -2.29. The Labute approximate surface area is 128 Å². The van der Waals surface area contributed by atoms with Gasteiger partial charge in [-0.15, -0.1) is 0 Å². The van der Waals surface area contributed by atoms with Crippen molar-refractivity contribution in [1.29, 1.82) is 0 Å². The van der Waals surface area contributed by atoms with E-state index in [1.807, 2.05) is 12.1 Å². The number of fused-ring (bicyclic) bond motifs is 1. The number of rotatable bonds is 3. The van der Waals surface area contributed by atoms with Gasteiger partial charge in [-0.05, 0) is 43.7 Å². The molecule has 2 fully saturated rings. The van der Waals surface area contributed by atoms with Crippen LogP contribution in [0.25, 0.3) is 10.9 Å². The summed E-state index contributed by atoms with van der Waals surface area (Å²) in [4.78, 5) is 0. The summed E-state index contributed by atoms with van der Waals surface area (Å²) >= 11 is 6.21. The Balaban J connectivity index is 1.72. The molecule has 1 saturated heterocycles. The van der Waals surface area contributed by atoms with Crippen LogP contribution in [0.15, 0.2) is 18.3 Å². The lowest BCUT2D eigenvalue weighted by Gasteiger charge is -2.34. The first-order chi connectivity index (χ1) is 10.2. The first kappa shape index (κ1) is 13.6. The molecule has 0 spiro atoms. The molecular formula is C16H19ClN2O2. The SMILES string of the molecule is OC(c1cc(Cl)cc2cn[nH]c12)C1(C2CCOCC2)CC1. The number of benzene rings is 1. The summed E-state index contributed by atoms with van der Waals surface area (Å²) in [6, 6.07) is 3.76. The molecule has 21 heavy (non-hydrogen) atoms. The van der Waals surface area contributed by atoms with E-state index in [9.17, 15) is 5.11 Å². The van der Waals surface area contributed by atoms with Crippen LogP contribution in [0.4, 0.5) is 0 Å². The number of aliphatic hydroxyl groups is 1. The zero-order valence-corrected chi connectivity index (χ0v) is 12.6. The van der Waals surface area contributed by atoms with Gasteiger partial charge >= 0.3 is 0 Å². The highest BCUT2D eigenvalue weighted by Gasteiger charge is 2.55. The van der Waals surface area contributed by atoms with Crippen LogP contribution in [0, 0.1) is 11.3 Å². The number of halogens is 1. The Kier molecular flexibility index (Phi) is 3.21. The average molecular weight is 307 g/mol. The maximum Gasteiger partial charge on any atom is 0.0870 e. The lowest BCUT2D eigenvalue weighted by molar-refractivity contribution is -0.00914. The topological polar surface area (TPSA) is 58.1 Å².